The second-order valence-corrected chi connectivity index (χ2v) is 11.1. The summed E-state index contributed by atoms with van der Waals surface area (Å²) in [4.78, 5) is 4.08. The van der Waals surface area contributed by atoms with Crippen LogP contribution < -0.4 is 0 Å². The lowest BCUT2D eigenvalue weighted by atomic mass is 10.5. The molecule has 94 valence electrons. The van der Waals surface area contributed by atoms with Crippen LogP contribution in [-0.4, -0.2) is 13.1 Å². The third kappa shape index (κ3) is 2.81. The molecular weight excluding hydrogens is 226 g/mol. The highest BCUT2D eigenvalue weighted by Gasteiger charge is 2.41. The van der Waals surface area contributed by atoms with Gasteiger partial charge in [-0.1, -0.05) is 41.5 Å². The van der Waals surface area contributed by atoms with Crippen LogP contribution >= 0.6 is 0 Å². The first-order valence-electron chi connectivity index (χ1n) is 6.34. The van der Waals surface area contributed by atoms with Crippen LogP contribution in [0.4, 0.5) is 0 Å². The van der Waals surface area contributed by atoms with Crippen LogP contribution in [0.3, 0.4) is 0 Å². The van der Waals surface area contributed by atoms with Gasteiger partial charge in [0.2, 0.25) is 0 Å². The van der Waals surface area contributed by atoms with Gasteiger partial charge in [0.25, 0.3) is 5.89 Å². The van der Waals surface area contributed by atoms with Gasteiger partial charge >= 0.3 is 0 Å². The van der Waals surface area contributed by atoms with Crippen molar-refractivity contribution in [1.29, 1.82) is 0 Å². The average molecular weight is 249 g/mol. The number of oxazole rings is 1. The Kier molecular flexibility index (Phi) is 4.59. The SMILES string of the molecule is CC(C)[Si](C#Cc1ncco1)(C(C)C)C(C)C. The predicted molar refractivity (Wildman–Crippen MR) is 74.4 cm³/mol. The summed E-state index contributed by atoms with van der Waals surface area (Å²) in [5, 5.41) is 0. The summed E-state index contributed by atoms with van der Waals surface area (Å²) in [5.41, 5.74) is 5.50. The van der Waals surface area contributed by atoms with E-state index in [4.69, 9.17) is 4.42 Å². The van der Waals surface area contributed by atoms with Crippen LogP contribution in [0, 0.1) is 11.5 Å². The molecule has 0 aliphatic rings. The van der Waals surface area contributed by atoms with Crippen LogP contribution in [0.5, 0.6) is 0 Å². The van der Waals surface area contributed by atoms with Crippen LogP contribution in [0.15, 0.2) is 16.9 Å². The molecule has 1 aromatic rings. The zero-order chi connectivity index (χ0) is 13.1. The summed E-state index contributed by atoms with van der Waals surface area (Å²) < 4.78 is 5.21. The molecule has 17 heavy (non-hydrogen) atoms. The summed E-state index contributed by atoms with van der Waals surface area (Å²) in [5.74, 6) is 3.69. The Bertz CT molecular complexity index is 374. The van der Waals surface area contributed by atoms with E-state index in [0.717, 1.165) is 0 Å². The highest BCUT2D eigenvalue weighted by molar-refractivity contribution is 6.90. The Balaban J connectivity index is 3.15. The van der Waals surface area contributed by atoms with E-state index in [0.29, 0.717) is 22.5 Å². The van der Waals surface area contributed by atoms with Gasteiger partial charge in [-0.15, -0.1) is 5.54 Å². The summed E-state index contributed by atoms with van der Waals surface area (Å²) in [6.07, 6.45) is 3.22. The molecule has 0 saturated carbocycles. The average Bonchev–Trinajstić information content (AvgIpc) is 2.69. The first-order chi connectivity index (χ1) is 7.91. The van der Waals surface area contributed by atoms with Gasteiger partial charge in [0.05, 0.1) is 6.20 Å². The summed E-state index contributed by atoms with van der Waals surface area (Å²) in [6, 6.07) is 0. The normalized spacial score (nSPS) is 12.1. The van der Waals surface area contributed by atoms with Crippen molar-refractivity contribution in [1.82, 2.24) is 4.98 Å². The maximum absolute atomic E-state index is 5.21. The molecule has 1 rings (SSSR count). The first-order valence-corrected chi connectivity index (χ1v) is 8.57. The molecule has 0 N–H and O–H groups in total. The van der Waals surface area contributed by atoms with E-state index >= 15 is 0 Å². The zero-order valence-corrected chi connectivity index (χ0v) is 12.7. The van der Waals surface area contributed by atoms with Crippen molar-refractivity contribution in [3.63, 3.8) is 0 Å². The van der Waals surface area contributed by atoms with Gasteiger partial charge in [-0.3, -0.25) is 0 Å². The van der Waals surface area contributed by atoms with E-state index in [1.54, 1.807) is 12.5 Å². The maximum atomic E-state index is 5.21. The Morgan fingerprint density at radius 3 is 1.94 bits per heavy atom. The third-order valence-corrected chi connectivity index (χ3v) is 9.97. The van der Waals surface area contributed by atoms with Crippen LogP contribution in [0.1, 0.15) is 47.4 Å². The molecule has 0 amide bonds. The predicted octanol–water partition coefficient (Wildman–Crippen LogP) is 4.24. The Labute approximate surface area is 106 Å². The second kappa shape index (κ2) is 5.55. The maximum Gasteiger partial charge on any atom is 0.272 e. The Hall–Kier alpha value is -1.01. The van der Waals surface area contributed by atoms with E-state index in [1.807, 2.05) is 0 Å². The molecule has 0 spiro atoms. The quantitative estimate of drug-likeness (QED) is 0.591. The molecule has 2 nitrogen and oxygen atoms in total. The fourth-order valence-electron chi connectivity index (χ4n) is 2.88. The topological polar surface area (TPSA) is 26.0 Å². The lowest BCUT2D eigenvalue weighted by Gasteiger charge is -2.37. The van der Waals surface area contributed by atoms with Crippen molar-refractivity contribution in [2.24, 2.45) is 0 Å². The minimum Gasteiger partial charge on any atom is -0.439 e. The second-order valence-electron chi connectivity index (χ2n) is 5.48. The van der Waals surface area contributed by atoms with Gasteiger partial charge in [0.1, 0.15) is 14.3 Å². The largest absolute Gasteiger partial charge is 0.439 e. The fourth-order valence-corrected chi connectivity index (χ4v) is 8.07. The van der Waals surface area contributed by atoms with E-state index in [9.17, 15) is 0 Å². The standard InChI is InChI=1S/C14H23NOSi/c1-11(2)17(12(3)4,13(5)6)10-7-14-15-8-9-16-14/h8-9,11-13H,1-6H3. The summed E-state index contributed by atoms with van der Waals surface area (Å²) in [6.45, 7) is 13.8. The highest BCUT2D eigenvalue weighted by atomic mass is 28.3. The van der Waals surface area contributed by atoms with Crippen molar-refractivity contribution in [2.45, 2.75) is 58.2 Å². The molecule has 0 aliphatic carbocycles. The Morgan fingerprint density at radius 1 is 1.06 bits per heavy atom. The van der Waals surface area contributed by atoms with Crippen molar-refractivity contribution in [2.75, 3.05) is 0 Å². The summed E-state index contributed by atoms with van der Waals surface area (Å²) in [7, 11) is -1.64. The first kappa shape index (κ1) is 14.0. The Morgan fingerprint density at radius 2 is 1.59 bits per heavy atom. The van der Waals surface area contributed by atoms with Gasteiger partial charge in [-0.2, -0.15) is 0 Å². The smallest absolute Gasteiger partial charge is 0.272 e. The number of rotatable bonds is 3. The molecule has 0 bridgehead atoms. The molecule has 0 unspecified atom stereocenters. The molecule has 0 atom stereocenters. The van der Waals surface area contributed by atoms with Crippen LogP contribution in [0.25, 0.3) is 0 Å². The van der Waals surface area contributed by atoms with E-state index in [-0.39, 0.29) is 0 Å². The van der Waals surface area contributed by atoms with Gasteiger partial charge in [-0.05, 0) is 22.5 Å². The van der Waals surface area contributed by atoms with Crippen molar-refractivity contribution in [3.8, 4) is 11.5 Å². The molecule has 1 heterocycles. The molecule has 0 saturated heterocycles. The lowest BCUT2D eigenvalue weighted by molar-refractivity contribution is 0.543. The molecule has 0 fully saturated rings. The van der Waals surface area contributed by atoms with Crippen LogP contribution in [0.2, 0.25) is 16.6 Å². The highest BCUT2D eigenvalue weighted by Crippen LogP contribution is 2.40. The molecule has 0 aliphatic heterocycles. The van der Waals surface area contributed by atoms with Gasteiger partial charge in [-0.25, -0.2) is 4.98 Å². The molecular formula is C14H23NOSi. The monoisotopic (exact) mass is 249 g/mol. The zero-order valence-electron chi connectivity index (χ0n) is 11.7. The number of hydrogen-bond donors (Lipinski definition) is 0. The fraction of sp³-hybridized carbons (Fsp3) is 0.643. The molecule has 0 radical (unpaired) electrons. The third-order valence-electron chi connectivity index (χ3n) is 3.68. The van der Waals surface area contributed by atoms with Gasteiger partial charge < -0.3 is 4.42 Å². The number of hydrogen-bond acceptors (Lipinski definition) is 2. The van der Waals surface area contributed by atoms with Crippen LogP contribution in [-0.2, 0) is 0 Å². The minimum atomic E-state index is -1.64. The number of aromatic nitrogens is 1. The lowest BCUT2D eigenvalue weighted by Crippen LogP contribution is -2.43. The number of nitrogens with zero attached hydrogens (tertiary/aromatic N) is 1. The molecule has 0 aromatic carbocycles. The van der Waals surface area contributed by atoms with Gasteiger partial charge in [0.15, 0.2) is 0 Å². The minimum absolute atomic E-state index is 0.545. The van der Waals surface area contributed by atoms with E-state index in [2.05, 4.69) is 58.0 Å². The van der Waals surface area contributed by atoms with Gasteiger partial charge in [0, 0.05) is 0 Å². The van der Waals surface area contributed by atoms with Crippen molar-refractivity contribution < 1.29 is 4.42 Å². The van der Waals surface area contributed by atoms with Crippen molar-refractivity contribution in [3.05, 3.63) is 18.4 Å². The van der Waals surface area contributed by atoms with Crippen molar-refractivity contribution >= 4 is 8.07 Å². The van der Waals surface area contributed by atoms with E-state index in [1.165, 1.54) is 0 Å². The molecule has 1 aromatic heterocycles. The summed E-state index contributed by atoms with van der Waals surface area (Å²) >= 11 is 0. The van der Waals surface area contributed by atoms with E-state index < -0.39 is 8.07 Å². The molecule has 3 heteroatoms.